The quantitative estimate of drug-likeness (QED) is 0.773. The van der Waals surface area contributed by atoms with E-state index < -0.39 is 5.54 Å². The number of rotatable bonds is 5. The number of hydrogen-bond donors (Lipinski definition) is 0. The predicted molar refractivity (Wildman–Crippen MR) is 92.4 cm³/mol. The Morgan fingerprint density at radius 1 is 1.18 bits per heavy atom. The lowest BCUT2D eigenvalue weighted by Gasteiger charge is -2.46. The summed E-state index contributed by atoms with van der Waals surface area (Å²) in [6.07, 6.45) is 4.32. The first-order valence-corrected chi connectivity index (χ1v) is 7.98. The molecule has 0 N–H and O–H groups in total. The van der Waals surface area contributed by atoms with Gasteiger partial charge in [0.05, 0.1) is 7.11 Å². The molecule has 0 aliphatic carbocycles. The van der Waals surface area contributed by atoms with E-state index in [9.17, 15) is 4.79 Å². The smallest absolute Gasteiger partial charge is 0.326 e. The molecule has 0 aromatic heterocycles. The van der Waals surface area contributed by atoms with Crippen molar-refractivity contribution >= 4 is 18.4 Å². The number of carbonyl (C=O) groups is 1. The van der Waals surface area contributed by atoms with Crippen LogP contribution in [0.1, 0.15) is 38.7 Å². The minimum atomic E-state index is -0.545. The van der Waals surface area contributed by atoms with E-state index in [0.29, 0.717) is 0 Å². The molecule has 1 fully saturated rings. The van der Waals surface area contributed by atoms with Crippen molar-refractivity contribution in [3.63, 3.8) is 0 Å². The van der Waals surface area contributed by atoms with E-state index in [-0.39, 0.29) is 24.3 Å². The lowest BCUT2D eigenvalue weighted by Crippen LogP contribution is -2.61. The van der Waals surface area contributed by atoms with E-state index in [2.05, 4.69) is 30.9 Å². The van der Waals surface area contributed by atoms with E-state index in [0.717, 1.165) is 19.5 Å². The van der Waals surface area contributed by atoms with Crippen molar-refractivity contribution in [1.29, 1.82) is 0 Å². The van der Waals surface area contributed by atoms with Crippen molar-refractivity contribution in [1.82, 2.24) is 4.90 Å². The number of methoxy groups -OCH3 is 1. The van der Waals surface area contributed by atoms with Gasteiger partial charge in [0.25, 0.3) is 0 Å². The maximum Gasteiger partial charge on any atom is 0.326 e. The van der Waals surface area contributed by atoms with E-state index in [1.807, 2.05) is 18.2 Å². The number of carbonyl (C=O) groups excluding carboxylic acids is 1. The van der Waals surface area contributed by atoms with E-state index in [1.165, 1.54) is 31.9 Å². The van der Waals surface area contributed by atoms with Crippen LogP contribution < -0.4 is 0 Å². The van der Waals surface area contributed by atoms with Crippen molar-refractivity contribution in [3.05, 3.63) is 35.9 Å². The lowest BCUT2D eigenvalue weighted by molar-refractivity contribution is -0.160. The van der Waals surface area contributed by atoms with Crippen LogP contribution in [0.3, 0.4) is 0 Å². The summed E-state index contributed by atoms with van der Waals surface area (Å²) in [6, 6.07) is 10.3. The number of hydrogen-bond acceptors (Lipinski definition) is 3. The monoisotopic (exact) mass is 325 g/mol. The Morgan fingerprint density at radius 3 is 2.27 bits per heavy atom. The first kappa shape index (κ1) is 19.0. The molecule has 22 heavy (non-hydrogen) atoms. The fourth-order valence-electron chi connectivity index (χ4n) is 3.49. The molecule has 3 nitrogen and oxygen atoms in total. The fraction of sp³-hybridized carbons (Fsp3) is 0.611. The molecule has 0 bridgehead atoms. The molecule has 1 aromatic carbocycles. The van der Waals surface area contributed by atoms with Gasteiger partial charge in [-0.2, -0.15) is 0 Å². The van der Waals surface area contributed by atoms with Crippen LogP contribution in [0.2, 0.25) is 0 Å². The highest BCUT2D eigenvalue weighted by molar-refractivity contribution is 5.85. The summed E-state index contributed by atoms with van der Waals surface area (Å²) in [5.74, 6) is 0.117. The Kier molecular flexibility index (Phi) is 7.37. The van der Waals surface area contributed by atoms with Gasteiger partial charge in [-0.15, -0.1) is 12.4 Å². The lowest BCUT2D eigenvalue weighted by atomic mass is 9.78. The van der Waals surface area contributed by atoms with Crippen LogP contribution in [0.25, 0.3) is 0 Å². The van der Waals surface area contributed by atoms with Gasteiger partial charge in [-0.25, -0.2) is 0 Å². The Hall–Kier alpha value is -1.06. The molecule has 4 heteroatoms. The Labute approximate surface area is 140 Å². The maximum atomic E-state index is 12.7. The van der Waals surface area contributed by atoms with Crippen molar-refractivity contribution in [2.75, 3.05) is 20.2 Å². The molecule has 1 aliphatic heterocycles. The van der Waals surface area contributed by atoms with Gasteiger partial charge in [0, 0.05) is 6.42 Å². The molecule has 2 rings (SSSR count). The Morgan fingerprint density at radius 2 is 1.77 bits per heavy atom. The van der Waals surface area contributed by atoms with Crippen molar-refractivity contribution < 1.29 is 9.53 Å². The van der Waals surface area contributed by atoms with Gasteiger partial charge in [-0.1, -0.05) is 50.6 Å². The van der Waals surface area contributed by atoms with E-state index >= 15 is 0 Å². The molecular weight excluding hydrogens is 298 g/mol. The molecule has 0 amide bonds. The van der Waals surface area contributed by atoms with Gasteiger partial charge >= 0.3 is 5.97 Å². The van der Waals surface area contributed by atoms with Crippen LogP contribution in [0, 0.1) is 5.92 Å². The number of benzene rings is 1. The minimum absolute atomic E-state index is 0. The normalized spacial score (nSPS) is 18.4. The molecule has 1 aliphatic rings. The second kappa shape index (κ2) is 8.54. The Bertz CT molecular complexity index is 457. The van der Waals surface area contributed by atoms with Gasteiger partial charge in [-0.05, 0) is 37.4 Å². The van der Waals surface area contributed by atoms with Crippen LogP contribution in [0.15, 0.2) is 30.3 Å². The van der Waals surface area contributed by atoms with Crippen LogP contribution in [0.4, 0.5) is 0 Å². The predicted octanol–water partition coefficient (Wildman–Crippen LogP) is 3.70. The SMILES string of the molecule is COC(=O)C(Cc1ccccc1)(C(C)C)N1CCCCC1.Cl. The topological polar surface area (TPSA) is 29.5 Å². The summed E-state index contributed by atoms with van der Waals surface area (Å²) in [6.45, 7) is 6.24. The molecule has 0 saturated carbocycles. The number of esters is 1. The number of ether oxygens (including phenoxy) is 1. The zero-order valence-electron chi connectivity index (χ0n) is 13.9. The molecule has 1 unspecified atom stereocenters. The van der Waals surface area contributed by atoms with Gasteiger partial charge < -0.3 is 4.74 Å². The van der Waals surface area contributed by atoms with Crippen LogP contribution >= 0.6 is 12.4 Å². The zero-order valence-corrected chi connectivity index (χ0v) is 14.7. The summed E-state index contributed by atoms with van der Waals surface area (Å²) in [4.78, 5) is 15.1. The van der Waals surface area contributed by atoms with Crippen LogP contribution in [-0.2, 0) is 16.0 Å². The van der Waals surface area contributed by atoms with E-state index in [1.54, 1.807) is 0 Å². The second-order valence-electron chi connectivity index (χ2n) is 6.28. The van der Waals surface area contributed by atoms with Gasteiger partial charge in [0.1, 0.15) is 5.54 Å². The molecule has 124 valence electrons. The largest absolute Gasteiger partial charge is 0.468 e. The molecule has 0 radical (unpaired) electrons. The highest BCUT2D eigenvalue weighted by Gasteiger charge is 2.47. The Balaban J connectivity index is 0.00000242. The van der Waals surface area contributed by atoms with Crippen molar-refractivity contribution in [2.45, 2.75) is 45.1 Å². The summed E-state index contributed by atoms with van der Waals surface area (Å²) >= 11 is 0. The number of nitrogens with zero attached hydrogens (tertiary/aromatic N) is 1. The fourth-order valence-corrected chi connectivity index (χ4v) is 3.49. The van der Waals surface area contributed by atoms with Gasteiger partial charge in [0.2, 0.25) is 0 Å². The molecule has 1 heterocycles. The standard InChI is InChI=1S/C18H27NO2.ClH/c1-15(2)18(17(20)21-3,19-12-8-5-9-13-19)14-16-10-6-4-7-11-16;/h4,6-7,10-11,15H,5,8-9,12-14H2,1-3H3;1H. The molecule has 1 aromatic rings. The number of piperidine rings is 1. The summed E-state index contributed by atoms with van der Waals surface area (Å²) in [5, 5.41) is 0. The first-order chi connectivity index (χ1) is 10.1. The van der Waals surface area contributed by atoms with E-state index in [4.69, 9.17) is 4.74 Å². The molecular formula is C18H28ClNO2. The van der Waals surface area contributed by atoms with Gasteiger partial charge in [-0.3, -0.25) is 9.69 Å². The van der Waals surface area contributed by atoms with Gasteiger partial charge in [0.15, 0.2) is 0 Å². The number of halogens is 1. The van der Waals surface area contributed by atoms with Crippen molar-refractivity contribution in [3.8, 4) is 0 Å². The third-order valence-corrected chi connectivity index (χ3v) is 4.73. The molecule has 1 saturated heterocycles. The average Bonchev–Trinajstić information content (AvgIpc) is 2.53. The van der Waals surface area contributed by atoms with Crippen LogP contribution in [-0.4, -0.2) is 36.6 Å². The summed E-state index contributed by atoms with van der Waals surface area (Å²) in [7, 11) is 1.51. The van der Waals surface area contributed by atoms with Crippen LogP contribution in [0.5, 0.6) is 0 Å². The highest BCUT2D eigenvalue weighted by atomic mass is 35.5. The summed E-state index contributed by atoms with van der Waals surface area (Å²) in [5.41, 5.74) is 0.651. The minimum Gasteiger partial charge on any atom is -0.468 e. The maximum absolute atomic E-state index is 12.7. The number of likely N-dealkylation sites (tertiary alicyclic amines) is 1. The molecule has 1 atom stereocenters. The average molecular weight is 326 g/mol. The summed E-state index contributed by atoms with van der Waals surface area (Å²) < 4.78 is 5.22. The third kappa shape index (κ3) is 3.82. The van der Waals surface area contributed by atoms with Crippen molar-refractivity contribution in [2.24, 2.45) is 5.92 Å². The highest BCUT2D eigenvalue weighted by Crippen LogP contribution is 2.33. The first-order valence-electron chi connectivity index (χ1n) is 7.98. The second-order valence-corrected chi connectivity index (χ2v) is 6.28. The third-order valence-electron chi connectivity index (χ3n) is 4.73. The molecule has 0 spiro atoms. The zero-order chi connectivity index (χ0) is 15.3.